The molecule has 0 saturated carbocycles. The van der Waals surface area contributed by atoms with E-state index in [1.165, 1.54) is 6.07 Å². The van der Waals surface area contributed by atoms with Crippen molar-refractivity contribution in [2.75, 3.05) is 5.32 Å². The van der Waals surface area contributed by atoms with Crippen LogP contribution in [-0.2, 0) is 0 Å². The van der Waals surface area contributed by atoms with Crippen molar-refractivity contribution in [1.29, 1.82) is 0 Å². The van der Waals surface area contributed by atoms with Gasteiger partial charge in [-0.1, -0.05) is 40.9 Å². The molecule has 0 aliphatic rings. The summed E-state index contributed by atoms with van der Waals surface area (Å²) in [5.74, 6) is -1.16. The molecular formula is C14H10Cl2FNO. The fraction of sp³-hybridized carbons (Fsp3) is 0.0714. The Labute approximate surface area is 120 Å². The fourth-order valence-corrected chi connectivity index (χ4v) is 2.00. The molecule has 0 fully saturated rings. The van der Waals surface area contributed by atoms with Crippen LogP contribution >= 0.6 is 23.2 Å². The van der Waals surface area contributed by atoms with Crippen molar-refractivity contribution in [3.05, 3.63) is 63.4 Å². The Morgan fingerprint density at radius 1 is 1.11 bits per heavy atom. The quantitative estimate of drug-likeness (QED) is 0.800. The summed E-state index contributed by atoms with van der Waals surface area (Å²) in [5, 5.41) is 2.63. The molecule has 1 amide bonds. The summed E-state index contributed by atoms with van der Waals surface area (Å²) in [6.45, 7) is 1.94. The Hall–Kier alpha value is -1.58. The van der Waals surface area contributed by atoms with Gasteiger partial charge in [0.2, 0.25) is 0 Å². The van der Waals surface area contributed by atoms with Crippen LogP contribution in [0.25, 0.3) is 0 Å². The number of hydrogen-bond donors (Lipinski definition) is 1. The van der Waals surface area contributed by atoms with E-state index in [-0.39, 0.29) is 15.6 Å². The predicted octanol–water partition coefficient (Wildman–Crippen LogP) is 4.69. The van der Waals surface area contributed by atoms with E-state index in [0.717, 1.165) is 11.6 Å². The maximum Gasteiger partial charge on any atom is 0.257 e. The lowest BCUT2D eigenvalue weighted by Crippen LogP contribution is -2.12. The molecule has 0 aliphatic carbocycles. The Balaban J connectivity index is 2.25. The summed E-state index contributed by atoms with van der Waals surface area (Å²) in [4.78, 5) is 12.0. The van der Waals surface area contributed by atoms with Crippen LogP contribution in [0.3, 0.4) is 0 Å². The van der Waals surface area contributed by atoms with E-state index in [1.807, 2.05) is 19.1 Å². The van der Waals surface area contributed by atoms with Crippen LogP contribution in [0.1, 0.15) is 15.9 Å². The van der Waals surface area contributed by atoms with Crippen LogP contribution in [0.5, 0.6) is 0 Å². The van der Waals surface area contributed by atoms with Crippen LogP contribution in [0.2, 0.25) is 10.0 Å². The standard InChI is InChI=1S/C14H10Cl2FNO/c1-8-2-4-9(5-3-8)18-14(19)10-6-13(17)12(16)7-11(10)15/h2-7H,1H3,(H,18,19). The first kappa shape index (κ1) is 13.8. The van der Waals surface area contributed by atoms with Crippen molar-refractivity contribution in [3.8, 4) is 0 Å². The molecule has 0 radical (unpaired) electrons. The largest absolute Gasteiger partial charge is 0.322 e. The number of hydrogen-bond acceptors (Lipinski definition) is 1. The summed E-state index contributed by atoms with van der Waals surface area (Å²) in [5.41, 5.74) is 1.74. The number of carbonyl (C=O) groups is 1. The number of rotatable bonds is 2. The third kappa shape index (κ3) is 3.25. The molecule has 2 aromatic rings. The van der Waals surface area contributed by atoms with Gasteiger partial charge in [0.1, 0.15) is 5.82 Å². The predicted molar refractivity (Wildman–Crippen MR) is 75.6 cm³/mol. The lowest BCUT2D eigenvalue weighted by Gasteiger charge is -2.08. The van der Waals surface area contributed by atoms with Gasteiger partial charge in [-0.3, -0.25) is 4.79 Å². The Morgan fingerprint density at radius 2 is 1.74 bits per heavy atom. The van der Waals surface area contributed by atoms with Gasteiger partial charge in [0.15, 0.2) is 0 Å². The number of anilines is 1. The van der Waals surface area contributed by atoms with Crippen LogP contribution in [-0.4, -0.2) is 5.91 Å². The normalized spacial score (nSPS) is 10.3. The lowest BCUT2D eigenvalue weighted by atomic mass is 10.2. The minimum Gasteiger partial charge on any atom is -0.322 e. The van der Waals surface area contributed by atoms with Gasteiger partial charge >= 0.3 is 0 Å². The first-order valence-corrected chi connectivity index (χ1v) is 6.25. The van der Waals surface area contributed by atoms with E-state index in [2.05, 4.69) is 5.32 Å². The van der Waals surface area contributed by atoms with Gasteiger partial charge in [-0.2, -0.15) is 0 Å². The van der Waals surface area contributed by atoms with E-state index >= 15 is 0 Å². The van der Waals surface area contributed by atoms with Crippen molar-refractivity contribution in [2.24, 2.45) is 0 Å². The number of nitrogens with one attached hydrogen (secondary N) is 1. The summed E-state index contributed by atoms with van der Waals surface area (Å²) in [6.07, 6.45) is 0. The molecule has 2 rings (SSSR count). The average Bonchev–Trinajstić information content (AvgIpc) is 2.36. The first-order valence-electron chi connectivity index (χ1n) is 5.50. The van der Waals surface area contributed by atoms with E-state index in [0.29, 0.717) is 5.69 Å². The first-order chi connectivity index (χ1) is 8.97. The zero-order valence-corrected chi connectivity index (χ0v) is 11.5. The topological polar surface area (TPSA) is 29.1 Å². The highest BCUT2D eigenvalue weighted by Gasteiger charge is 2.14. The van der Waals surface area contributed by atoms with Crippen LogP contribution in [0, 0.1) is 12.7 Å². The maximum absolute atomic E-state index is 13.3. The summed E-state index contributed by atoms with van der Waals surface area (Å²) >= 11 is 11.5. The van der Waals surface area contributed by atoms with Gasteiger partial charge in [0, 0.05) is 5.69 Å². The minimum absolute atomic E-state index is 0.0455. The molecule has 0 heterocycles. The molecule has 0 spiro atoms. The molecule has 0 saturated heterocycles. The molecule has 0 aliphatic heterocycles. The van der Waals surface area contributed by atoms with E-state index in [4.69, 9.17) is 23.2 Å². The summed E-state index contributed by atoms with van der Waals surface area (Å²) < 4.78 is 13.3. The van der Waals surface area contributed by atoms with Crippen LogP contribution < -0.4 is 5.32 Å². The molecule has 0 atom stereocenters. The van der Waals surface area contributed by atoms with Gasteiger partial charge in [0.05, 0.1) is 15.6 Å². The molecule has 0 unspecified atom stereocenters. The third-order valence-electron chi connectivity index (χ3n) is 2.56. The molecule has 2 aromatic carbocycles. The minimum atomic E-state index is -0.680. The van der Waals surface area contributed by atoms with E-state index in [1.54, 1.807) is 12.1 Å². The molecular weight excluding hydrogens is 288 g/mol. The fourth-order valence-electron chi connectivity index (χ4n) is 1.53. The highest BCUT2D eigenvalue weighted by molar-refractivity contribution is 6.37. The molecule has 5 heteroatoms. The average molecular weight is 298 g/mol. The lowest BCUT2D eigenvalue weighted by molar-refractivity contribution is 0.102. The number of benzene rings is 2. The Bertz CT molecular complexity index is 626. The van der Waals surface area contributed by atoms with Gasteiger partial charge < -0.3 is 5.32 Å². The molecule has 0 bridgehead atoms. The highest BCUT2D eigenvalue weighted by atomic mass is 35.5. The van der Waals surface area contributed by atoms with Crippen LogP contribution in [0.4, 0.5) is 10.1 Å². The number of amides is 1. The van der Waals surface area contributed by atoms with Gasteiger partial charge in [-0.15, -0.1) is 0 Å². The van der Waals surface area contributed by atoms with E-state index in [9.17, 15) is 9.18 Å². The number of carbonyl (C=O) groups excluding carboxylic acids is 1. The van der Waals surface area contributed by atoms with Crippen molar-refractivity contribution in [1.82, 2.24) is 0 Å². The van der Waals surface area contributed by atoms with Gasteiger partial charge in [-0.05, 0) is 31.2 Å². The second-order valence-corrected chi connectivity index (χ2v) is 4.88. The summed E-state index contributed by atoms with van der Waals surface area (Å²) in [7, 11) is 0. The highest BCUT2D eigenvalue weighted by Crippen LogP contribution is 2.25. The van der Waals surface area contributed by atoms with Gasteiger partial charge in [-0.25, -0.2) is 4.39 Å². The monoisotopic (exact) mass is 297 g/mol. The van der Waals surface area contributed by atoms with E-state index < -0.39 is 11.7 Å². The molecule has 19 heavy (non-hydrogen) atoms. The zero-order chi connectivity index (χ0) is 14.0. The second-order valence-electron chi connectivity index (χ2n) is 4.07. The van der Waals surface area contributed by atoms with Crippen molar-refractivity contribution < 1.29 is 9.18 Å². The second kappa shape index (κ2) is 5.59. The molecule has 1 N–H and O–H groups in total. The Morgan fingerprint density at radius 3 is 2.37 bits per heavy atom. The molecule has 98 valence electrons. The summed E-state index contributed by atoms with van der Waals surface area (Å²) in [6, 6.07) is 9.47. The van der Waals surface area contributed by atoms with Crippen LogP contribution in [0.15, 0.2) is 36.4 Å². The van der Waals surface area contributed by atoms with Gasteiger partial charge in [0.25, 0.3) is 5.91 Å². The number of halogens is 3. The third-order valence-corrected chi connectivity index (χ3v) is 3.17. The number of aryl methyl sites for hydroxylation is 1. The Kier molecular flexibility index (Phi) is 4.08. The van der Waals surface area contributed by atoms with Crippen molar-refractivity contribution in [2.45, 2.75) is 6.92 Å². The maximum atomic E-state index is 13.3. The SMILES string of the molecule is Cc1ccc(NC(=O)c2cc(F)c(Cl)cc2Cl)cc1. The van der Waals surface area contributed by atoms with Crippen molar-refractivity contribution in [3.63, 3.8) is 0 Å². The zero-order valence-electron chi connectivity index (χ0n) is 10.0. The molecule has 2 nitrogen and oxygen atoms in total. The van der Waals surface area contributed by atoms with Crippen molar-refractivity contribution >= 4 is 34.8 Å². The smallest absolute Gasteiger partial charge is 0.257 e. The molecule has 0 aromatic heterocycles.